The summed E-state index contributed by atoms with van der Waals surface area (Å²) in [7, 11) is 0. The van der Waals surface area contributed by atoms with E-state index in [1.807, 2.05) is 13.0 Å². The molecule has 3 N–H and O–H groups in total. The SMILES string of the molecule is CCC1CCCC(CN)(C(O)c2ccnc(C)n2)C1. The molecule has 106 valence electrons. The van der Waals surface area contributed by atoms with Crippen molar-refractivity contribution >= 4 is 0 Å². The first-order valence-electron chi connectivity index (χ1n) is 7.29. The number of nitrogens with two attached hydrogens (primary N) is 1. The van der Waals surface area contributed by atoms with Gasteiger partial charge < -0.3 is 10.8 Å². The van der Waals surface area contributed by atoms with Crippen molar-refractivity contribution in [3.63, 3.8) is 0 Å². The van der Waals surface area contributed by atoms with Crippen LogP contribution in [0.4, 0.5) is 0 Å². The van der Waals surface area contributed by atoms with Gasteiger partial charge in [0.1, 0.15) is 11.9 Å². The highest BCUT2D eigenvalue weighted by atomic mass is 16.3. The molecule has 1 fully saturated rings. The zero-order valence-corrected chi connectivity index (χ0v) is 12.0. The molecule has 3 unspecified atom stereocenters. The minimum atomic E-state index is -0.575. The third-order valence-electron chi connectivity index (χ3n) is 4.62. The van der Waals surface area contributed by atoms with Crippen LogP contribution in [0.2, 0.25) is 0 Å². The molecule has 1 aliphatic carbocycles. The van der Waals surface area contributed by atoms with Crippen molar-refractivity contribution in [3.8, 4) is 0 Å². The summed E-state index contributed by atoms with van der Waals surface area (Å²) in [5.41, 5.74) is 6.54. The zero-order valence-electron chi connectivity index (χ0n) is 12.0. The molecular weight excluding hydrogens is 238 g/mol. The Kier molecular flexibility index (Phi) is 4.53. The highest BCUT2D eigenvalue weighted by Gasteiger charge is 2.42. The largest absolute Gasteiger partial charge is 0.386 e. The second-order valence-electron chi connectivity index (χ2n) is 5.87. The van der Waals surface area contributed by atoms with Crippen LogP contribution in [0.15, 0.2) is 12.3 Å². The minimum Gasteiger partial charge on any atom is -0.386 e. The van der Waals surface area contributed by atoms with Crippen LogP contribution in [0.25, 0.3) is 0 Å². The van der Waals surface area contributed by atoms with Crippen LogP contribution in [-0.4, -0.2) is 21.6 Å². The lowest BCUT2D eigenvalue weighted by Gasteiger charge is -2.43. The number of aryl methyl sites for hydroxylation is 1. The molecule has 1 aliphatic rings. The number of nitrogens with zero attached hydrogens (tertiary/aromatic N) is 2. The fraction of sp³-hybridized carbons (Fsp3) is 0.733. The molecule has 4 nitrogen and oxygen atoms in total. The van der Waals surface area contributed by atoms with Gasteiger partial charge in [0.15, 0.2) is 0 Å². The molecule has 0 amide bonds. The molecule has 1 saturated carbocycles. The molecule has 0 radical (unpaired) electrons. The van der Waals surface area contributed by atoms with Crippen LogP contribution in [0.5, 0.6) is 0 Å². The maximum atomic E-state index is 10.8. The van der Waals surface area contributed by atoms with Gasteiger partial charge in [-0.25, -0.2) is 9.97 Å². The highest BCUT2D eigenvalue weighted by molar-refractivity contribution is 5.11. The van der Waals surface area contributed by atoms with Crippen LogP contribution >= 0.6 is 0 Å². The first-order chi connectivity index (χ1) is 9.11. The van der Waals surface area contributed by atoms with Crippen LogP contribution in [0, 0.1) is 18.3 Å². The molecule has 1 aromatic rings. The third-order valence-corrected chi connectivity index (χ3v) is 4.62. The number of hydrogen-bond acceptors (Lipinski definition) is 4. The molecule has 0 spiro atoms. The minimum absolute atomic E-state index is 0.209. The van der Waals surface area contributed by atoms with E-state index >= 15 is 0 Å². The maximum absolute atomic E-state index is 10.8. The van der Waals surface area contributed by atoms with Crippen molar-refractivity contribution in [2.45, 2.75) is 52.1 Å². The Labute approximate surface area is 115 Å². The Bertz CT molecular complexity index is 424. The Balaban J connectivity index is 2.25. The number of hydrogen-bond donors (Lipinski definition) is 2. The zero-order chi connectivity index (χ0) is 13.9. The molecule has 0 saturated heterocycles. The van der Waals surface area contributed by atoms with Gasteiger partial charge in [0.05, 0.1) is 5.69 Å². The van der Waals surface area contributed by atoms with Gasteiger partial charge in [-0.1, -0.05) is 26.2 Å². The highest BCUT2D eigenvalue weighted by Crippen LogP contribution is 2.47. The fourth-order valence-corrected chi connectivity index (χ4v) is 3.36. The van der Waals surface area contributed by atoms with Crippen LogP contribution < -0.4 is 5.73 Å². The molecule has 0 aromatic carbocycles. The van der Waals surface area contributed by atoms with Crippen molar-refractivity contribution in [3.05, 3.63) is 23.8 Å². The lowest BCUT2D eigenvalue weighted by atomic mass is 9.65. The van der Waals surface area contributed by atoms with E-state index in [9.17, 15) is 5.11 Å². The normalized spacial score (nSPS) is 29.2. The molecule has 4 heteroatoms. The third kappa shape index (κ3) is 2.95. The van der Waals surface area contributed by atoms with E-state index in [0.29, 0.717) is 18.3 Å². The van der Waals surface area contributed by atoms with Crippen molar-refractivity contribution in [1.29, 1.82) is 0 Å². The predicted molar refractivity (Wildman–Crippen MR) is 75.5 cm³/mol. The van der Waals surface area contributed by atoms with Crippen LogP contribution in [0.1, 0.15) is 56.7 Å². The standard InChI is InChI=1S/C15H25N3O/c1-3-12-5-4-7-15(9-12,10-16)14(19)13-6-8-17-11(2)18-13/h6,8,12,14,19H,3-5,7,9-10,16H2,1-2H3. The Morgan fingerprint density at radius 3 is 3.00 bits per heavy atom. The molecule has 3 atom stereocenters. The lowest BCUT2D eigenvalue weighted by molar-refractivity contribution is -0.0188. The molecule has 1 heterocycles. The quantitative estimate of drug-likeness (QED) is 0.874. The maximum Gasteiger partial charge on any atom is 0.125 e. The van der Waals surface area contributed by atoms with Gasteiger partial charge >= 0.3 is 0 Å². The van der Waals surface area contributed by atoms with E-state index in [1.165, 1.54) is 6.42 Å². The van der Waals surface area contributed by atoms with Gasteiger partial charge in [0.2, 0.25) is 0 Å². The smallest absolute Gasteiger partial charge is 0.125 e. The monoisotopic (exact) mass is 263 g/mol. The molecule has 2 rings (SSSR count). The summed E-state index contributed by atoms with van der Waals surface area (Å²) in [6.45, 7) is 4.59. The number of aliphatic hydroxyl groups excluding tert-OH is 1. The van der Waals surface area contributed by atoms with Crippen molar-refractivity contribution < 1.29 is 5.11 Å². The second-order valence-corrected chi connectivity index (χ2v) is 5.87. The van der Waals surface area contributed by atoms with Gasteiger partial charge in [-0.2, -0.15) is 0 Å². The van der Waals surface area contributed by atoms with E-state index in [-0.39, 0.29) is 5.41 Å². The van der Waals surface area contributed by atoms with E-state index in [4.69, 9.17) is 5.73 Å². The Hall–Kier alpha value is -1.00. The lowest BCUT2D eigenvalue weighted by Crippen LogP contribution is -2.41. The summed E-state index contributed by atoms with van der Waals surface area (Å²) in [5.74, 6) is 1.38. The summed E-state index contributed by atoms with van der Waals surface area (Å²) in [6.07, 6.45) is 6.70. The van der Waals surface area contributed by atoms with Crippen molar-refractivity contribution in [2.24, 2.45) is 17.1 Å². The average Bonchev–Trinajstić information content (AvgIpc) is 2.46. The molecular formula is C15H25N3O. The van der Waals surface area contributed by atoms with Crippen molar-refractivity contribution in [2.75, 3.05) is 6.54 Å². The van der Waals surface area contributed by atoms with Crippen LogP contribution in [0.3, 0.4) is 0 Å². The van der Waals surface area contributed by atoms with Crippen LogP contribution in [-0.2, 0) is 0 Å². The van der Waals surface area contributed by atoms with E-state index < -0.39 is 6.10 Å². The summed E-state index contributed by atoms with van der Waals surface area (Å²) in [4.78, 5) is 8.47. The second kappa shape index (κ2) is 5.97. The van der Waals surface area contributed by atoms with Gasteiger partial charge in [-0.3, -0.25) is 0 Å². The number of aliphatic hydroxyl groups is 1. The Morgan fingerprint density at radius 1 is 1.58 bits per heavy atom. The molecule has 19 heavy (non-hydrogen) atoms. The summed E-state index contributed by atoms with van der Waals surface area (Å²) < 4.78 is 0. The van der Waals surface area contributed by atoms with Gasteiger partial charge in [0.25, 0.3) is 0 Å². The summed E-state index contributed by atoms with van der Waals surface area (Å²) in [5, 5.41) is 10.8. The summed E-state index contributed by atoms with van der Waals surface area (Å²) >= 11 is 0. The fourth-order valence-electron chi connectivity index (χ4n) is 3.36. The Morgan fingerprint density at radius 2 is 2.37 bits per heavy atom. The molecule has 0 aliphatic heterocycles. The van der Waals surface area contributed by atoms with E-state index in [1.54, 1.807) is 6.20 Å². The van der Waals surface area contributed by atoms with Gasteiger partial charge in [-0.05, 0) is 31.7 Å². The predicted octanol–water partition coefficient (Wildman–Crippen LogP) is 2.36. The first kappa shape index (κ1) is 14.4. The van der Waals surface area contributed by atoms with Gasteiger partial charge in [0, 0.05) is 18.2 Å². The van der Waals surface area contributed by atoms with Crippen molar-refractivity contribution in [1.82, 2.24) is 9.97 Å². The molecule has 0 bridgehead atoms. The van der Waals surface area contributed by atoms with E-state index in [2.05, 4.69) is 16.9 Å². The first-order valence-corrected chi connectivity index (χ1v) is 7.29. The molecule has 1 aromatic heterocycles. The number of rotatable bonds is 4. The summed E-state index contributed by atoms with van der Waals surface area (Å²) in [6, 6.07) is 1.81. The average molecular weight is 263 g/mol. The van der Waals surface area contributed by atoms with Gasteiger partial charge in [-0.15, -0.1) is 0 Å². The topological polar surface area (TPSA) is 72.0 Å². The number of aromatic nitrogens is 2. The van der Waals surface area contributed by atoms with E-state index in [0.717, 1.165) is 31.4 Å².